The molecule has 0 amide bonds. The van der Waals surface area contributed by atoms with E-state index in [2.05, 4.69) is 4.98 Å². The van der Waals surface area contributed by atoms with Gasteiger partial charge in [0.2, 0.25) is 0 Å². The second-order valence-corrected chi connectivity index (χ2v) is 2.89. The molecule has 0 aliphatic carbocycles. The van der Waals surface area contributed by atoms with Gasteiger partial charge in [-0.05, 0) is 6.07 Å². The summed E-state index contributed by atoms with van der Waals surface area (Å²) in [6.07, 6.45) is -3.17. The van der Waals surface area contributed by atoms with Crippen LogP contribution in [-0.4, -0.2) is 28.8 Å². The van der Waals surface area contributed by atoms with Gasteiger partial charge in [-0.3, -0.25) is 4.98 Å². The lowest BCUT2D eigenvalue weighted by Crippen LogP contribution is -2.14. The molecule has 0 aromatic carbocycles. The van der Waals surface area contributed by atoms with E-state index in [9.17, 15) is 18.0 Å². The SMILES string of the molecule is O=C(O)c1ccncc1OCCC(F)(F)F. The second kappa shape index (κ2) is 4.82. The smallest absolute Gasteiger partial charge is 0.392 e. The van der Waals surface area contributed by atoms with Crippen molar-refractivity contribution in [3.8, 4) is 5.75 Å². The van der Waals surface area contributed by atoms with Crippen LogP contribution in [0.15, 0.2) is 18.5 Å². The van der Waals surface area contributed by atoms with Gasteiger partial charge in [-0.25, -0.2) is 4.79 Å². The minimum atomic E-state index is -4.33. The van der Waals surface area contributed by atoms with Crippen LogP contribution in [0.4, 0.5) is 13.2 Å². The van der Waals surface area contributed by atoms with Crippen molar-refractivity contribution < 1.29 is 27.8 Å². The Bertz CT molecular complexity index is 379. The van der Waals surface area contributed by atoms with Crippen LogP contribution in [0.25, 0.3) is 0 Å². The maximum atomic E-state index is 11.8. The van der Waals surface area contributed by atoms with Crippen LogP contribution in [0, 0.1) is 0 Å². The maximum Gasteiger partial charge on any atom is 0.392 e. The van der Waals surface area contributed by atoms with Gasteiger partial charge in [-0.2, -0.15) is 13.2 Å². The van der Waals surface area contributed by atoms with Crippen LogP contribution in [0.3, 0.4) is 0 Å². The highest BCUT2D eigenvalue weighted by molar-refractivity contribution is 5.90. The number of hydrogen-bond acceptors (Lipinski definition) is 3. The maximum absolute atomic E-state index is 11.8. The van der Waals surface area contributed by atoms with E-state index in [1.54, 1.807) is 0 Å². The van der Waals surface area contributed by atoms with E-state index in [1.807, 2.05) is 0 Å². The average molecular weight is 235 g/mol. The molecule has 1 aromatic rings. The number of ether oxygens (including phenoxy) is 1. The Balaban J connectivity index is 2.64. The lowest BCUT2D eigenvalue weighted by molar-refractivity contribution is -0.139. The van der Waals surface area contributed by atoms with Crippen molar-refractivity contribution >= 4 is 5.97 Å². The van der Waals surface area contributed by atoms with Crippen molar-refractivity contribution in [3.05, 3.63) is 24.0 Å². The van der Waals surface area contributed by atoms with E-state index < -0.39 is 25.2 Å². The van der Waals surface area contributed by atoms with Crippen LogP contribution in [0.2, 0.25) is 0 Å². The fraction of sp³-hybridized carbons (Fsp3) is 0.333. The predicted octanol–water partition coefficient (Wildman–Crippen LogP) is 2.11. The lowest BCUT2D eigenvalue weighted by atomic mass is 10.2. The largest absolute Gasteiger partial charge is 0.491 e. The van der Waals surface area contributed by atoms with E-state index in [-0.39, 0.29) is 11.3 Å². The number of carboxylic acids is 1. The standard InChI is InChI=1S/C9H8F3NO3/c10-9(11,12)2-4-16-7-5-13-3-1-6(7)8(14)15/h1,3,5H,2,4H2,(H,14,15). The molecule has 1 N–H and O–H groups in total. The second-order valence-electron chi connectivity index (χ2n) is 2.89. The number of carbonyl (C=O) groups is 1. The Morgan fingerprint density at radius 3 is 2.75 bits per heavy atom. The minimum Gasteiger partial charge on any atom is -0.491 e. The van der Waals surface area contributed by atoms with E-state index in [0.29, 0.717) is 0 Å². The van der Waals surface area contributed by atoms with Gasteiger partial charge in [-0.1, -0.05) is 0 Å². The number of halogens is 3. The molecule has 7 heteroatoms. The monoisotopic (exact) mass is 235 g/mol. The summed E-state index contributed by atoms with van der Waals surface area (Å²) in [4.78, 5) is 14.2. The molecule has 0 aliphatic rings. The van der Waals surface area contributed by atoms with Crippen molar-refractivity contribution in [1.29, 1.82) is 0 Å². The van der Waals surface area contributed by atoms with Gasteiger partial charge >= 0.3 is 12.1 Å². The Morgan fingerprint density at radius 2 is 2.19 bits per heavy atom. The molecule has 0 radical (unpaired) electrons. The van der Waals surface area contributed by atoms with Gasteiger partial charge in [-0.15, -0.1) is 0 Å². The molecule has 0 unspecified atom stereocenters. The normalized spacial score (nSPS) is 11.2. The van der Waals surface area contributed by atoms with Crippen LogP contribution in [-0.2, 0) is 0 Å². The summed E-state index contributed by atoms with van der Waals surface area (Å²) in [5.74, 6) is -1.44. The van der Waals surface area contributed by atoms with Gasteiger partial charge in [0.15, 0.2) is 5.75 Å². The first-order chi connectivity index (χ1) is 7.40. The van der Waals surface area contributed by atoms with Gasteiger partial charge in [0, 0.05) is 6.20 Å². The van der Waals surface area contributed by atoms with Crippen molar-refractivity contribution in [3.63, 3.8) is 0 Å². The molecule has 1 heterocycles. The summed E-state index contributed by atoms with van der Waals surface area (Å²) in [5.41, 5.74) is -0.211. The summed E-state index contributed by atoms with van der Waals surface area (Å²) in [7, 11) is 0. The van der Waals surface area contributed by atoms with Gasteiger partial charge < -0.3 is 9.84 Å². The molecule has 0 saturated carbocycles. The Hall–Kier alpha value is -1.79. The van der Waals surface area contributed by atoms with Gasteiger partial charge in [0.05, 0.1) is 19.2 Å². The van der Waals surface area contributed by atoms with Crippen molar-refractivity contribution in [2.75, 3.05) is 6.61 Å². The third-order valence-electron chi connectivity index (χ3n) is 1.66. The Labute approximate surface area is 88.7 Å². The van der Waals surface area contributed by atoms with Gasteiger partial charge in [0.1, 0.15) is 5.56 Å². The summed E-state index contributed by atoms with van der Waals surface area (Å²) in [6.45, 7) is -0.629. The molecule has 88 valence electrons. The molecule has 1 rings (SSSR count). The third-order valence-corrected chi connectivity index (χ3v) is 1.66. The summed E-state index contributed by atoms with van der Waals surface area (Å²) in [5, 5.41) is 8.69. The lowest BCUT2D eigenvalue weighted by Gasteiger charge is -2.09. The molecular weight excluding hydrogens is 227 g/mol. The zero-order valence-electron chi connectivity index (χ0n) is 7.99. The molecule has 0 atom stereocenters. The summed E-state index contributed by atoms with van der Waals surface area (Å²) < 4.78 is 40.1. The Kier molecular flexibility index (Phi) is 3.70. The van der Waals surface area contributed by atoms with Crippen molar-refractivity contribution in [2.45, 2.75) is 12.6 Å². The predicted molar refractivity (Wildman–Crippen MR) is 47.4 cm³/mol. The quantitative estimate of drug-likeness (QED) is 0.868. The van der Waals surface area contributed by atoms with Crippen molar-refractivity contribution in [2.24, 2.45) is 0 Å². The average Bonchev–Trinajstić information content (AvgIpc) is 2.16. The number of carboxylic acid groups (broad SMARTS) is 1. The number of rotatable bonds is 4. The molecule has 4 nitrogen and oxygen atoms in total. The Morgan fingerprint density at radius 1 is 1.50 bits per heavy atom. The number of nitrogens with zero attached hydrogens (tertiary/aromatic N) is 1. The van der Waals surface area contributed by atoms with E-state index in [1.165, 1.54) is 6.20 Å². The van der Waals surface area contributed by atoms with Crippen LogP contribution in [0.5, 0.6) is 5.75 Å². The highest BCUT2D eigenvalue weighted by Gasteiger charge is 2.27. The number of hydrogen-bond donors (Lipinski definition) is 1. The minimum absolute atomic E-state index is 0.167. The zero-order valence-corrected chi connectivity index (χ0v) is 7.99. The number of alkyl halides is 3. The fourth-order valence-electron chi connectivity index (χ4n) is 0.948. The highest BCUT2D eigenvalue weighted by atomic mass is 19.4. The number of pyridine rings is 1. The molecular formula is C9H8F3NO3. The van der Waals surface area contributed by atoms with Crippen LogP contribution in [0.1, 0.15) is 16.8 Å². The highest BCUT2D eigenvalue weighted by Crippen LogP contribution is 2.21. The molecule has 0 fully saturated rings. The summed E-state index contributed by atoms with van der Waals surface area (Å²) >= 11 is 0. The first-order valence-electron chi connectivity index (χ1n) is 4.27. The third kappa shape index (κ3) is 3.76. The van der Waals surface area contributed by atoms with E-state index in [0.717, 1.165) is 12.3 Å². The molecule has 1 aromatic heterocycles. The molecule has 0 spiro atoms. The van der Waals surface area contributed by atoms with E-state index >= 15 is 0 Å². The topological polar surface area (TPSA) is 59.4 Å². The molecule has 0 saturated heterocycles. The van der Waals surface area contributed by atoms with E-state index in [4.69, 9.17) is 9.84 Å². The zero-order chi connectivity index (χ0) is 12.2. The number of aromatic nitrogens is 1. The molecule has 16 heavy (non-hydrogen) atoms. The molecule has 0 bridgehead atoms. The first kappa shape index (κ1) is 12.3. The van der Waals surface area contributed by atoms with Crippen molar-refractivity contribution in [1.82, 2.24) is 4.98 Å². The number of aromatic carboxylic acids is 1. The first-order valence-corrected chi connectivity index (χ1v) is 4.27. The fourth-order valence-corrected chi connectivity index (χ4v) is 0.948. The van der Waals surface area contributed by atoms with Crippen LogP contribution < -0.4 is 4.74 Å². The molecule has 0 aliphatic heterocycles. The van der Waals surface area contributed by atoms with Crippen LogP contribution >= 0.6 is 0 Å². The van der Waals surface area contributed by atoms with Gasteiger partial charge in [0.25, 0.3) is 0 Å². The summed E-state index contributed by atoms with van der Waals surface area (Å²) in [6, 6.07) is 1.16.